The predicted octanol–water partition coefficient (Wildman–Crippen LogP) is 3.31. The molecular weight excluding hydrogens is 445 g/mol. The number of rotatable bonds is 5. The molecular formula is C18H19F3N2O5S2. The first kappa shape index (κ1) is 23.8. The van der Waals surface area contributed by atoms with Crippen LogP contribution in [0.1, 0.15) is 31.1 Å². The van der Waals surface area contributed by atoms with E-state index in [4.69, 9.17) is 0 Å². The molecule has 0 aliphatic carbocycles. The van der Waals surface area contributed by atoms with Crippen LogP contribution in [0.2, 0.25) is 0 Å². The van der Waals surface area contributed by atoms with Crippen molar-refractivity contribution in [3.8, 4) is 0 Å². The maximum atomic E-state index is 12.6. The third-order valence-electron chi connectivity index (χ3n) is 3.57. The summed E-state index contributed by atoms with van der Waals surface area (Å²) < 4.78 is 87.7. The molecule has 0 spiro atoms. The second-order valence-corrected chi connectivity index (χ2v) is 10.9. The van der Waals surface area contributed by atoms with Crippen molar-refractivity contribution in [1.82, 2.24) is 4.72 Å². The summed E-state index contributed by atoms with van der Waals surface area (Å²) in [6.07, 6.45) is 0. The highest BCUT2D eigenvalue weighted by molar-refractivity contribution is 7.92. The summed E-state index contributed by atoms with van der Waals surface area (Å²) in [5.74, 6) is -0.760. The minimum Gasteiger partial charge on any atom is -0.322 e. The van der Waals surface area contributed by atoms with Crippen LogP contribution in [-0.2, 0) is 19.9 Å². The summed E-state index contributed by atoms with van der Waals surface area (Å²) in [6, 6.07) is 8.58. The number of halogens is 3. The van der Waals surface area contributed by atoms with E-state index in [0.717, 1.165) is 12.1 Å². The van der Waals surface area contributed by atoms with Crippen molar-refractivity contribution in [2.24, 2.45) is 0 Å². The van der Waals surface area contributed by atoms with Crippen LogP contribution < -0.4 is 10.0 Å². The normalized spacial score (nSPS) is 13.1. The van der Waals surface area contributed by atoms with E-state index in [1.807, 2.05) is 0 Å². The zero-order chi connectivity index (χ0) is 23.0. The Morgan fingerprint density at radius 1 is 0.867 bits per heavy atom. The Kier molecular flexibility index (Phi) is 6.36. The van der Waals surface area contributed by atoms with Crippen molar-refractivity contribution < 1.29 is 34.8 Å². The minimum absolute atomic E-state index is 0.0955. The maximum absolute atomic E-state index is 12.6. The van der Waals surface area contributed by atoms with Crippen molar-refractivity contribution in [3.05, 3.63) is 54.1 Å². The predicted molar refractivity (Wildman–Crippen MR) is 104 cm³/mol. The van der Waals surface area contributed by atoms with Gasteiger partial charge in [0, 0.05) is 16.8 Å². The number of carbonyl (C=O) groups is 1. The largest absolute Gasteiger partial charge is 0.501 e. The number of amides is 1. The van der Waals surface area contributed by atoms with Gasteiger partial charge in [-0.15, -0.1) is 0 Å². The van der Waals surface area contributed by atoms with Gasteiger partial charge in [-0.25, -0.2) is 21.6 Å². The van der Waals surface area contributed by atoms with Gasteiger partial charge in [0.25, 0.3) is 15.7 Å². The van der Waals surface area contributed by atoms with Gasteiger partial charge in [-0.05, 0) is 63.2 Å². The molecule has 0 aliphatic heterocycles. The average Bonchev–Trinajstić information content (AvgIpc) is 2.59. The molecule has 2 aromatic carbocycles. The van der Waals surface area contributed by atoms with Crippen LogP contribution in [0.4, 0.5) is 18.9 Å². The lowest BCUT2D eigenvalue weighted by molar-refractivity contribution is -0.0436. The van der Waals surface area contributed by atoms with E-state index in [-0.39, 0.29) is 16.1 Å². The topological polar surface area (TPSA) is 109 Å². The third kappa shape index (κ3) is 5.58. The molecule has 0 radical (unpaired) electrons. The zero-order valence-corrected chi connectivity index (χ0v) is 17.7. The summed E-state index contributed by atoms with van der Waals surface area (Å²) in [5.41, 5.74) is -6.17. The molecule has 12 heteroatoms. The highest BCUT2D eigenvalue weighted by atomic mass is 32.2. The standard InChI is InChI=1S/C18H19F3N2O5S2/c1-17(2,3)23-30(27,28)15-6-4-5-13(11-15)22-16(24)12-7-9-14(10-8-12)29(25,26)18(19,20)21/h4-11,23H,1-3H3,(H,22,24). The van der Waals surface area contributed by atoms with Crippen molar-refractivity contribution in [2.75, 3.05) is 5.32 Å². The van der Waals surface area contributed by atoms with Crippen LogP contribution >= 0.6 is 0 Å². The maximum Gasteiger partial charge on any atom is 0.501 e. The van der Waals surface area contributed by atoms with Gasteiger partial charge >= 0.3 is 5.51 Å². The van der Waals surface area contributed by atoms with E-state index in [2.05, 4.69) is 10.0 Å². The number of sulfone groups is 1. The summed E-state index contributed by atoms with van der Waals surface area (Å²) in [4.78, 5) is 11.2. The van der Waals surface area contributed by atoms with Gasteiger partial charge in [0.05, 0.1) is 9.79 Å². The Hall–Kier alpha value is -2.44. The Labute approximate surface area is 172 Å². The number of carbonyl (C=O) groups excluding carboxylic acids is 1. The molecule has 0 saturated carbocycles. The smallest absolute Gasteiger partial charge is 0.322 e. The fourth-order valence-corrected chi connectivity index (χ4v) is 4.55. The summed E-state index contributed by atoms with van der Waals surface area (Å²) in [5, 5.41) is 2.42. The molecule has 0 bridgehead atoms. The molecule has 0 saturated heterocycles. The Morgan fingerprint density at radius 2 is 1.43 bits per heavy atom. The van der Waals surface area contributed by atoms with E-state index in [1.54, 1.807) is 20.8 Å². The van der Waals surface area contributed by atoms with E-state index in [1.165, 1.54) is 24.3 Å². The highest BCUT2D eigenvalue weighted by Gasteiger charge is 2.46. The van der Waals surface area contributed by atoms with Crippen molar-refractivity contribution in [2.45, 2.75) is 41.6 Å². The van der Waals surface area contributed by atoms with E-state index in [0.29, 0.717) is 12.1 Å². The second-order valence-electron chi connectivity index (χ2n) is 7.31. The van der Waals surface area contributed by atoms with Crippen molar-refractivity contribution in [1.29, 1.82) is 0 Å². The first-order valence-electron chi connectivity index (χ1n) is 8.40. The molecule has 1 amide bonds. The van der Waals surface area contributed by atoms with Crippen LogP contribution in [0.5, 0.6) is 0 Å². The van der Waals surface area contributed by atoms with Gasteiger partial charge < -0.3 is 5.32 Å². The SMILES string of the molecule is CC(C)(C)NS(=O)(=O)c1cccc(NC(=O)c2ccc(S(=O)(=O)C(F)(F)F)cc2)c1. The monoisotopic (exact) mass is 464 g/mol. The summed E-state index contributed by atoms with van der Waals surface area (Å²) >= 11 is 0. The second kappa shape index (κ2) is 8.00. The molecule has 0 aromatic heterocycles. The molecule has 0 fully saturated rings. The van der Waals surface area contributed by atoms with Crippen LogP contribution in [0.3, 0.4) is 0 Å². The van der Waals surface area contributed by atoms with Gasteiger partial charge in [-0.3, -0.25) is 4.79 Å². The Morgan fingerprint density at radius 3 is 1.93 bits per heavy atom. The third-order valence-corrected chi connectivity index (χ3v) is 6.83. The van der Waals surface area contributed by atoms with Crippen LogP contribution in [0.15, 0.2) is 58.3 Å². The van der Waals surface area contributed by atoms with Crippen LogP contribution in [0.25, 0.3) is 0 Å². The van der Waals surface area contributed by atoms with Crippen LogP contribution in [-0.4, -0.2) is 33.8 Å². The van der Waals surface area contributed by atoms with E-state index >= 15 is 0 Å². The van der Waals surface area contributed by atoms with Gasteiger partial charge in [-0.2, -0.15) is 13.2 Å². The fraction of sp³-hybridized carbons (Fsp3) is 0.278. The zero-order valence-electron chi connectivity index (χ0n) is 16.1. The number of alkyl halides is 3. The lowest BCUT2D eigenvalue weighted by Gasteiger charge is -2.20. The molecule has 7 nitrogen and oxygen atoms in total. The number of sulfonamides is 1. The first-order chi connectivity index (χ1) is 13.5. The summed E-state index contributed by atoms with van der Waals surface area (Å²) in [6.45, 7) is 5.00. The minimum atomic E-state index is -5.52. The van der Waals surface area contributed by atoms with Gasteiger partial charge in [0.1, 0.15) is 0 Å². The molecule has 0 heterocycles. The molecule has 30 heavy (non-hydrogen) atoms. The number of nitrogens with one attached hydrogen (secondary N) is 2. The quantitative estimate of drug-likeness (QED) is 0.706. The molecule has 164 valence electrons. The molecule has 0 aliphatic rings. The Balaban J connectivity index is 2.23. The lowest BCUT2D eigenvalue weighted by Crippen LogP contribution is -2.40. The molecule has 2 rings (SSSR count). The van der Waals surface area contributed by atoms with Gasteiger partial charge in [0.15, 0.2) is 0 Å². The number of anilines is 1. The van der Waals surface area contributed by atoms with E-state index < -0.39 is 41.7 Å². The number of benzene rings is 2. The highest BCUT2D eigenvalue weighted by Crippen LogP contribution is 2.30. The molecule has 0 atom stereocenters. The fourth-order valence-electron chi connectivity index (χ4n) is 2.33. The summed E-state index contributed by atoms with van der Waals surface area (Å²) in [7, 11) is -9.37. The average molecular weight is 464 g/mol. The Bertz CT molecular complexity index is 1150. The van der Waals surface area contributed by atoms with E-state index in [9.17, 15) is 34.8 Å². The van der Waals surface area contributed by atoms with Crippen LogP contribution in [0, 0.1) is 0 Å². The lowest BCUT2D eigenvalue weighted by atomic mass is 10.1. The van der Waals surface area contributed by atoms with Crippen molar-refractivity contribution >= 4 is 31.5 Å². The first-order valence-corrected chi connectivity index (χ1v) is 11.4. The van der Waals surface area contributed by atoms with Gasteiger partial charge in [0.2, 0.25) is 10.0 Å². The molecule has 2 N–H and O–H groups in total. The van der Waals surface area contributed by atoms with Crippen molar-refractivity contribution in [3.63, 3.8) is 0 Å². The number of hydrogen-bond donors (Lipinski definition) is 2. The van der Waals surface area contributed by atoms with Gasteiger partial charge in [-0.1, -0.05) is 6.07 Å². The molecule has 2 aromatic rings. The molecule has 0 unspecified atom stereocenters. The number of hydrogen-bond acceptors (Lipinski definition) is 5.